The summed E-state index contributed by atoms with van der Waals surface area (Å²) in [6, 6.07) is 5.16. The number of guanidine groups is 1. The number of esters is 1. The number of phenols is 1. The number of phenolic OH excluding ortho intramolecular Hbond substituents is 1. The van der Waals surface area contributed by atoms with Gasteiger partial charge in [-0.3, -0.25) is 9.79 Å². The molecule has 1 rings (SSSR count). The van der Waals surface area contributed by atoms with Crippen LogP contribution < -0.4 is 15.8 Å². The number of carbonyl (C=O) groups is 1. The zero-order valence-corrected chi connectivity index (χ0v) is 18.6. The van der Waals surface area contributed by atoms with Crippen LogP contribution in [0.5, 0.6) is 11.5 Å². The molecular formula is C22H37N3O5. The first-order valence-corrected chi connectivity index (χ1v) is 10.5. The van der Waals surface area contributed by atoms with Crippen LogP contribution in [0.15, 0.2) is 23.2 Å². The van der Waals surface area contributed by atoms with Crippen LogP contribution in [0.1, 0.15) is 51.5 Å². The molecule has 0 aliphatic carbocycles. The van der Waals surface area contributed by atoms with Gasteiger partial charge in [0.15, 0.2) is 17.5 Å². The number of nitrogens with one attached hydrogen (secondary N) is 1. The molecule has 0 spiro atoms. The Kier molecular flexibility index (Phi) is 11.7. The number of nitrogens with zero attached hydrogens (tertiary/aromatic N) is 1. The number of aliphatic hydroxyl groups excluding tert-OH is 1. The smallest absolute Gasteiger partial charge is 0.302 e. The third kappa shape index (κ3) is 9.82. The minimum Gasteiger partial charge on any atom is -0.504 e. The number of aryl methyl sites for hydroxylation is 1. The standard InChI is InChI=1S/C22H37N3O5/c1-5-16(14-25-22(23)24-3)6-9-18(27)13-19(30-15(2)26)10-7-17-8-11-20(28)21(12-17)29-4/h8,11-12,16,18-19,27-28H,5-7,9-10,13-14H2,1-4H3,(H3,23,24,25). The largest absolute Gasteiger partial charge is 0.504 e. The van der Waals surface area contributed by atoms with Crippen LogP contribution in [-0.4, -0.2) is 55.1 Å². The third-order valence-electron chi connectivity index (χ3n) is 5.16. The Balaban J connectivity index is 2.56. The minimum absolute atomic E-state index is 0.0835. The summed E-state index contributed by atoms with van der Waals surface area (Å²) in [6.45, 7) is 4.19. The van der Waals surface area contributed by atoms with Crippen LogP contribution >= 0.6 is 0 Å². The number of benzene rings is 1. The number of rotatable bonds is 13. The van der Waals surface area contributed by atoms with Gasteiger partial charge in [-0.25, -0.2) is 0 Å². The molecule has 8 nitrogen and oxygen atoms in total. The number of hydrogen-bond acceptors (Lipinski definition) is 6. The molecule has 5 N–H and O–H groups in total. The van der Waals surface area contributed by atoms with Gasteiger partial charge in [-0.1, -0.05) is 19.4 Å². The van der Waals surface area contributed by atoms with Gasteiger partial charge >= 0.3 is 5.97 Å². The fourth-order valence-electron chi connectivity index (χ4n) is 3.29. The number of aromatic hydroxyl groups is 1. The van der Waals surface area contributed by atoms with Crippen molar-refractivity contribution in [3.8, 4) is 11.5 Å². The summed E-state index contributed by atoms with van der Waals surface area (Å²) in [5.41, 5.74) is 6.63. The van der Waals surface area contributed by atoms with Crippen LogP contribution in [-0.2, 0) is 16.0 Å². The maximum absolute atomic E-state index is 11.5. The Morgan fingerprint density at radius 3 is 2.63 bits per heavy atom. The maximum Gasteiger partial charge on any atom is 0.302 e. The van der Waals surface area contributed by atoms with E-state index in [1.54, 1.807) is 19.2 Å². The van der Waals surface area contributed by atoms with Crippen molar-refractivity contribution >= 4 is 11.9 Å². The molecule has 30 heavy (non-hydrogen) atoms. The summed E-state index contributed by atoms with van der Waals surface area (Å²) in [5.74, 6) is 0.913. The average molecular weight is 424 g/mol. The summed E-state index contributed by atoms with van der Waals surface area (Å²) in [5, 5.41) is 23.3. The van der Waals surface area contributed by atoms with Gasteiger partial charge in [0.2, 0.25) is 0 Å². The lowest BCUT2D eigenvalue weighted by molar-refractivity contribution is -0.148. The number of aliphatic hydroxyl groups is 1. The van der Waals surface area contributed by atoms with Gasteiger partial charge in [-0.2, -0.15) is 0 Å². The molecule has 3 unspecified atom stereocenters. The molecule has 3 atom stereocenters. The Labute approximate surface area is 179 Å². The second kappa shape index (κ2) is 13.7. The van der Waals surface area contributed by atoms with E-state index in [0.29, 0.717) is 49.9 Å². The van der Waals surface area contributed by atoms with Gasteiger partial charge in [0.1, 0.15) is 6.10 Å². The molecule has 170 valence electrons. The number of nitrogens with two attached hydrogens (primary N) is 1. The van der Waals surface area contributed by atoms with Crippen molar-refractivity contribution in [1.29, 1.82) is 0 Å². The lowest BCUT2D eigenvalue weighted by Crippen LogP contribution is -2.35. The Morgan fingerprint density at radius 2 is 2.03 bits per heavy atom. The Hall–Kier alpha value is -2.48. The maximum atomic E-state index is 11.5. The van der Waals surface area contributed by atoms with E-state index in [4.69, 9.17) is 15.2 Å². The first kappa shape index (κ1) is 25.6. The number of aliphatic imine (C=N–C) groups is 1. The Morgan fingerprint density at radius 1 is 1.30 bits per heavy atom. The van der Waals surface area contributed by atoms with Crippen LogP contribution in [0, 0.1) is 5.92 Å². The van der Waals surface area contributed by atoms with Crippen molar-refractivity contribution < 1.29 is 24.5 Å². The highest BCUT2D eigenvalue weighted by atomic mass is 16.5. The fourth-order valence-corrected chi connectivity index (χ4v) is 3.29. The van der Waals surface area contributed by atoms with Crippen LogP contribution in [0.3, 0.4) is 0 Å². The van der Waals surface area contributed by atoms with E-state index in [2.05, 4.69) is 17.2 Å². The van der Waals surface area contributed by atoms with Crippen LogP contribution in [0.25, 0.3) is 0 Å². The molecule has 0 aliphatic rings. The summed E-state index contributed by atoms with van der Waals surface area (Å²) in [4.78, 5) is 15.4. The topological polar surface area (TPSA) is 126 Å². The highest BCUT2D eigenvalue weighted by Crippen LogP contribution is 2.27. The van der Waals surface area contributed by atoms with E-state index < -0.39 is 6.10 Å². The third-order valence-corrected chi connectivity index (χ3v) is 5.16. The van der Waals surface area contributed by atoms with Gasteiger partial charge in [-0.05, 0) is 49.3 Å². The summed E-state index contributed by atoms with van der Waals surface area (Å²) < 4.78 is 10.6. The highest BCUT2D eigenvalue weighted by Gasteiger charge is 2.19. The van der Waals surface area contributed by atoms with Crippen molar-refractivity contribution in [2.45, 2.75) is 64.6 Å². The SMILES string of the molecule is CCC(CCC(O)CC(CCc1ccc(O)c(OC)c1)OC(C)=O)CNC(N)=NC. The summed E-state index contributed by atoms with van der Waals surface area (Å²) in [6.07, 6.45) is 3.08. The van der Waals surface area contributed by atoms with E-state index in [-0.39, 0.29) is 17.8 Å². The molecule has 0 amide bonds. The molecular weight excluding hydrogens is 386 g/mol. The number of hydrogen-bond donors (Lipinski definition) is 4. The van der Waals surface area contributed by atoms with Gasteiger partial charge in [-0.15, -0.1) is 0 Å². The van der Waals surface area contributed by atoms with E-state index in [9.17, 15) is 15.0 Å². The molecule has 1 aromatic carbocycles. The van der Waals surface area contributed by atoms with Crippen molar-refractivity contribution in [1.82, 2.24) is 5.32 Å². The Bertz CT molecular complexity index is 681. The first-order valence-electron chi connectivity index (χ1n) is 10.5. The zero-order valence-electron chi connectivity index (χ0n) is 18.6. The lowest BCUT2D eigenvalue weighted by atomic mass is 9.95. The molecule has 0 saturated heterocycles. The van der Waals surface area contributed by atoms with Crippen molar-refractivity contribution in [3.05, 3.63) is 23.8 Å². The molecule has 0 saturated carbocycles. The van der Waals surface area contributed by atoms with Crippen molar-refractivity contribution in [3.63, 3.8) is 0 Å². The minimum atomic E-state index is -0.560. The molecule has 1 aromatic rings. The highest BCUT2D eigenvalue weighted by molar-refractivity contribution is 5.77. The van der Waals surface area contributed by atoms with Gasteiger partial charge in [0.05, 0.1) is 13.2 Å². The number of carbonyl (C=O) groups excluding carboxylic acids is 1. The molecule has 0 bridgehead atoms. The van der Waals surface area contributed by atoms with Crippen LogP contribution in [0.4, 0.5) is 0 Å². The molecule has 0 heterocycles. The van der Waals surface area contributed by atoms with E-state index >= 15 is 0 Å². The van der Waals surface area contributed by atoms with Crippen molar-refractivity contribution in [2.24, 2.45) is 16.6 Å². The lowest BCUT2D eigenvalue weighted by Gasteiger charge is -2.22. The monoisotopic (exact) mass is 423 g/mol. The molecule has 8 heteroatoms. The molecule has 0 fully saturated rings. The summed E-state index contributed by atoms with van der Waals surface area (Å²) in [7, 11) is 3.13. The quantitative estimate of drug-likeness (QED) is 0.218. The average Bonchev–Trinajstić information content (AvgIpc) is 2.72. The van der Waals surface area contributed by atoms with Gasteiger partial charge < -0.3 is 30.7 Å². The van der Waals surface area contributed by atoms with E-state index in [0.717, 1.165) is 18.4 Å². The normalized spacial score (nSPS) is 14.6. The predicted molar refractivity (Wildman–Crippen MR) is 118 cm³/mol. The first-order chi connectivity index (χ1) is 14.3. The molecule has 0 radical (unpaired) electrons. The molecule has 0 aromatic heterocycles. The van der Waals surface area contributed by atoms with E-state index in [1.807, 2.05) is 6.07 Å². The van der Waals surface area contributed by atoms with Crippen LogP contribution in [0.2, 0.25) is 0 Å². The summed E-state index contributed by atoms with van der Waals surface area (Å²) >= 11 is 0. The molecule has 0 aliphatic heterocycles. The number of methoxy groups -OCH3 is 1. The number of ether oxygens (including phenoxy) is 2. The van der Waals surface area contributed by atoms with Gasteiger partial charge in [0.25, 0.3) is 0 Å². The second-order valence-electron chi connectivity index (χ2n) is 7.51. The van der Waals surface area contributed by atoms with E-state index in [1.165, 1.54) is 14.0 Å². The fraction of sp³-hybridized carbons (Fsp3) is 0.636. The predicted octanol–water partition coefficient (Wildman–Crippen LogP) is 2.36. The second-order valence-corrected chi connectivity index (χ2v) is 7.51. The van der Waals surface area contributed by atoms with Crippen molar-refractivity contribution in [2.75, 3.05) is 20.7 Å². The van der Waals surface area contributed by atoms with Gasteiger partial charge in [0, 0.05) is 26.9 Å². The zero-order chi connectivity index (χ0) is 22.5.